The van der Waals surface area contributed by atoms with Crippen molar-refractivity contribution in [3.63, 3.8) is 0 Å². The molecule has 19 heavy (non-hydrogen) atoms. The highest BCUT2D eigenvalue weighted by Crippen LogP contribution is 2.27. The lowest BCUT2D eigenvalue weighted by atomic mass is 9.99. The highest BCUT2D eigenvalue weighted by molar-refractivity contribution is 9.10. The van der Waals surface area contributed by atoms with Crippen molar-refractivity contribution in [2.75, 3.05) is 38.3 Å². The Bertz CT molecular complexity index is 405. The Morgan fingerprint density at radius 1 is 1.37 bits per heavy atom. The van der Waals surface area contributed by atoms with Crippen molar-refractivity contribution < 1.29 is 4.74 Å². The minimum atomic E-state index is 0.694. The molecule has 106 valence electrons. The molecule has 1 heterocycles. The maximum atomic E-state index is 5.71. The van der Waals surface area contributed by atoms with Crippen molar-refractivity contribution >= 4 is 21.6 Å². The van der Waals surface area contributed by atoms with Gasteiger partial charge in [-0.1, -0.05) is 22.0 Å². The fourth-order valence-electron chi connectivity index (χ4n) is 2.67. The van der Waals surface area contributed by atoms with Gasteiger partial charge in [-0.2, -0.15) is 0 Å². The van der Waals surface area contributed by atoms with E-state index in [1.165, 1.54) is 24.1 Å². The van der Waals surface area contributed by atoms with Crippen LogP contribution in [0.4, 0.5) is 5.69 Å². The first-order chi connectivity index (χ1) is 9.20. The highest BCUT2D eigenvalue weighted by Gasteiger charge is 2.17. The van der Waals surface area contributed by atoms with E-state index in [9.17, 15) is 0 Å². The van der Waals surface area contributed by atoms with Crippen molar-refractivity contribution in [1.29, 1.82) is 0 Å². The lowest BCUT2D eigenvalue weighted by molar-refractivity contribution is 0.0685. The normalized spacial score (nSPS) is 16.6. The van der Waals surface area contributed by atoms with Crippen LogP contribution in [0, 0.1) is 5.92 Å². The summed E-state index contributed by atoms with van der Waals surface area (Å²) in [6, 6.07) is 6.47. The third-order valence-corrected chi connectivity index (χ3v) is 4.24. The van der Waals surface area contributed by atoms with Crippen LogP contribution in [-0.2, 0) is 11.2 Å². The molecular formula is C15H23BrN2O. The minimum Gasteiger partial charge on any atom is -0.381 e. The number of benzene rings is 1. The third kappa shape index (κ3) is 4.20. The molecule has 1 aliphatic heterocycles. The van der Waals surface area contributed by atoms with Crippen molar-refractivity contribution in [3.8, 4) is 0 Å². The largest absolute Gasteiger partial charge is 0.381 e. The van der Waals surface area contributed by atoms with Crippen LogP contribution in [0.3, 0.4) is 0 Å². The maximum absolute atomic E-state index is 5.71. The van der Waals surface area contributed by atoms with Gasteiger partial charge in [0.2, 0.25) is 0 Å². The first-order valence-electron chi connectivity index (χ1n) is 6.98. The quantitative estimate of drug-likeness (QED) is 0.904. The van der Waals surface area contributed by atoms with Crippen LogP contribution in [0.5, 0.6) is 0 Å². The van der Waals surface area contributed by atoms with Gasteiger partial charge in [-0.3, -0.25) is 0 Å². The Labute approximate surface area is 124 Å². The second-order valence-corrected chi connectivity index (χ2v) is 6.16. The zero-order valence-corrected chi connectivity index (χ0v) is 13.2. The maximum Gasteiger partial charge on any atom is 0.0469 e. The molecule has 0 radical (unpaired) electrons. The van der Waals surface area contributed by atoms with E-state index < -0.39 is 0 Å². The fourth-order valence-corrected chi connectivity index (χ4v) is 3.02. The predicted molar refractivity (Wildman–Crippen MR) is 83.7 cm³/mol. The van der Waals surface area contributed by atoms with E-state index in [2.05, 4.69) is 46.1 Å². The Balaban J connectivity index is 2.07. The smallest absolute Gasteiger partial charge is 0.0469 e. The number of anilines is 1. The van der Waals surface area contributed by atoms with Gasteiger partial charge >= 0.3 is 0 Å². The Kier molecular flexibility index (Phi) is 5.67. The third-order valence-electron chi connectivity index (χ3n) is 3.75. The van der Waals surface area contributed by atoms with Gasteiger partial charge in [0.05, 0.1) is 0 Å². The fraction of sp³-hybridized carbons (Fsp3) is 0.600. The summed E-state index contributed by atoms with van der Waals surface area (Å²) in [4.78, 5) is 2.37. The summed E-state index contributed by atoms with van der Waals surface area (Å²) in [5.74, 6) is 0.739. The molecule has 3 nitrogen and oxygen atoms in total. The van der Waals surface area contributed by atoms with Crippen molar-refractivity contribution in [2.24, 2.45) is 11.7 Å². The average molecular weight is 327 g/mol. The summed E-state index contributed by atoms with van der Waals surface area (Å²) in [6.07, 6.45) is 3.27. The number of ether oxygens (including phenoxy) is 1. The molecule has 1 aromatic carbocycles. The molecule has 1 aromatic rings. The standard InChI is InChI=1S/C15H23BrN2O/c1-18(11-12-5-8-19-9-6-12)15-10-14(16)3-2-13(15)4-7-17/h2-3,10,12H,4-9,11,17H2,1H3. The molecule has 0 aromatic heterocycles. The molecular weight excluding hydrogens is 304 g/mol. The van der Waals surface area contributed by atoms with E-state index in [1.807, 2.05) is 0 Å². The molecule has 0 amide bonds. The monoisotopic (exact) mass is 326 g/mol. The van der Waals surface area contributed by atoms with E-state index in [4.69, 9.17) is 10.5 Å². The average Bonchev–Trinajstić information content (AvgIpc) is 2.42. The zero-order chi connectivity index (χ0) is 13.7. The van der Waals surface area contributed by atoms with Crippen LogP contribution in [0.25, 0.3) is 0 Å². The van der Waals surface area contributed by atoms with Crippen LogP contribution in [0.2, 0.25) is 0 Å². The van der Waals surface area contributed by atoms with Crippen LogP contribution < -0.4 is 10.6 Å². The summed E-state index contributed by atoms with van der Waals surface area (Å²) in [5, 5.41) is 0. The van der Waals surface area contributed by atoms with Gasteiger partial charge in [0.15, 0.2) is 0 Å². The molecule has 1 fully saturated rings. The van der Waals surface area contributed by atoms with Gasteiger partial charge in [-0.15, -0.1) is 0 Å². The minimum absolute atomic E-state index is 0.694. The van der Waals surface area contributed by atoms with E-state index in [0.717, 1.165) is 36.6 Å². The molecule has 0 bridgehead atoms. The van der Waals surface area contributed by atoms with Crippen molar-refractivity contribution in [2.45, 2.75) is 19.3 Å². The van der Waals surface area contributed by atoms with E-state index in [1.54, 1.807) is 0 Å². The van der Waals surface area contributed by atoms with E-state index >= 15 is 0 Å². The van der Waals surface area contributed by atoms with Gasteiger partial charge in [-0.25, -0.2) is 0 Å². The number of nitrogens with zero attached hydrogens (tertiary/aromatic N) is 1. The van der Waals surface area contributed by atoms with Gasteiger partial charge in [0, 0.05) is 37.0 Å². The van der Waals surface area contributed by atoms with Crippen molar-refractivity contribution in [3.05, 3.63) is 28.2 Å². The van der Waals surface area contributed by atoms with Gasteiger partial charge in [0.1, 0.15) is 0 Å². The summed E-state index contributed by atoms with van der Waals surface area (Å²) in [5.41, 5.74) is 8.34. The predicted octanol–water partition coefficient (Wildman–Crippen LogP) is 2.81. The summed E-state index contributed by atoms with van der Waals surface area (Å²) < 4.78 is 6.55. The van der Waals surface area contributed by atoms with Crippen LogP contribution in [-0.4, -0.2) is 33.4 Å². The second kappa shape index (κ2) is 7.27. The molecule has 2 rings (SSSR count). The van der Waals surface area contributed by atoms with Gasteiger partial charge in [-0.05, 0) is 49.4 Å². The number of rotatable bonds is 5. The first kappa shape index (κ1) is 14.8. The molecule has 4 heteroatoms. The summed E-state index contributed by atoms with van der Waals surface area (Å²) >= 11 is 3.56. The molecule has 1 saturated heterocycles. The first-order valence-corrected chi connectivity index (χ1v) is 7.77. The summed E-state index contributed by atoms with van der Waals surface area (Å²) in [7, 11) is 2.18. The Morgan fingerprint density at radius 2 is 2.11 bits per heavy atom. The Hall–Kier alpha value is -0.580. The molecule has 0 unspecified atom stereocenters. The van der Waals surface area contributed by atoms with Gasteiger partial charge < -0.3 is 15.4 Å². The molecule has 0 atom stereocenters. The lowest BCUT2D eigenvalue weighted by Crippen LogP contribution is -2.30. The van der Waals surface area contributed by atoms with E-state index in [0.29, 0.717) is 6.54 Å². The number of hydrogen-bond acceptors (Lipinski definition) is 3. The van der Waals surface area contributed by atoms with Crippen LogP contribution in [0.1, 0.15) is 18.4 Å². The zero-order valence-electron chi connectivity index (χ0n) is 11.6. The highest BCUT2D eigenvalue weighted by atomic mass is 79.9. The topological polar surface area (TPSA) is 38.5 Å². The van der Waals surface area contributed by atoms with Crippen LogP contribution >= 0.6 is 15.9 Å². The molecule has 0 saturated carbocycles. The second-order valence-electron chi connectivity index (χ2n) is 5.25. The molecule has 2 N–H and O–H groups in total. The number of nitrogens with two attached hydrogens (primary N) is 1. The summed E-state index contributed by atoms with van der Waals surface area (Å²) in [6.45, 7) is 3.61. The van der Waals surface area contributed by atoms with E-state index in [-0.39, 0.29) is 0 Å². The molecule has 0 spiro atoms. The van der Waals surface area contributed by atoms with Crippen LogP contribution in [0.15, 0.2) is 22.7 Å². The molecule has 1 aliphatic rings. The number of halogens is 1. The Morgan fingerprint density at radius 3 is 2.79 bits per heavy atom. The van der Waals surface area contributed by atoms with Gasteiger partial charge in [0.25, 0.3) is 0 Å². The lowest BCUT2D eigenvalue weighted by Gasteiger charge is -2.30. The SMILES string of the molecule is CN(CC1CCOCC1)c1cc(Br)ccc1CCN. The van der Waals surface area contributed by atoms with Crippen molar-refractivity contribution in [1.82, 2.24) is 0 Å². The molecule has 0 aliphatic carbocycles. The number of hydrogen-bond donors (Lipinski definition) is 1.